The number of hydrogen-bond acceptors (Lipinski definition) is 3. The van der Waals surface area contributed by atoms with E-state index in [1.165, 1.54) is 0 Å². The monoisotopic (exact) mass is 475 g/mol. The molecule has 6 heteroatoms. The summed E-state index contributed by atoms with van der Waals surface area (Å²) >= 11 is 6.11. The number of fused-ring (bicyclic) bond motifs is 1. The van der Waals surface area contributed by atoms with Crippen molar-refractivity contribution < 1.29 is 9.53 Å². The van der Waals surface area contributed by atoms with Crippen molar-refractivity contribution >= 4 is 28.5 Å². The van der Waals surface area contributed by atoms with Gasteiger partial charge in [0.05, 0.1) is 30.1 Å². The number of ether oxygens (including phenoxy) is 1. The lowest BCUT2D eigenvalue weighted by atomic mass is 10.1. The molecule has 4 aromatic rings. The summed E-state index contributed by atoms with van der Waals surface area (Å²) in [6.07, 6.45) is 1.16. The lowest BCUT2D eigenvalue weighted by Crippen LogP contribution is -2.30. The zero-order valence-corrected chi connectivity index (χ0v) is 20.6. The standard InChI is InChI=1S/C28H30ClN3O2/c1-19-9-4-5-10-22(19)18-27(33)30-21(3)28-31-25-11-6-7-12-26(25)32(28)15-8-16-34-23-13-14-24(29)20(2)17-23/h4-7,9-14,17,21H,8,15-16,18H2,1-3H3,(H,30,33). The highest BCUT2D eigenvalue weighted by atomic mass is 35.5. The molecule has 0 aliphatic carbocycles. The van der Waals surface area contributed by atoms with Crippen molar-refractivity contribution in [1.82, 2.24) is 14.9 Å². The minimum absolute atomic E-state index is 0.0122. The molecule has 1 N–H and O–H groups in total. The highest BCUT2D eigenvalue weighted by Crippen LogP contribution is 2.23. The van der Waals surface area contributed by atoms with Crippen LogP contribution in [0.2, 0.25) is 5.02 Å². The molecule has 1 unspecified atom stereocenters. The van der Waals surface area contributed by atoms with Gasteiger partial charge in [-0.1, -0.05) is 48.0 Å². The molecule has 0 bridgehead atoms. The van der Waals surface area contributed by atoms with Crippen LogP contribution in [0.25, 0.3) is 11.0 Å². The van der Waals surface area contributed by atoms with E-state index in [-0.39, 0.29) is 11.9 Å². The summed E-state index contributed by atoms with van der Waals surface area (Å²) in [4.78, 5) is 17.6. The van der Waals surface area contributed by atoms with Crippen molar-refractivity contribution in [2.24, 2.45) is 0 Å². The second-order valence-corrected chi connectivity index (χ2v) is 9.02. The summed E-state index contributed by atoms with van der Waals surface area (Å²) in [5, 5.41) is 3.87. The van der Waals surface area contributed by atoms with Crippen LogP contribution < -0.4 is 10.1 Å². The molecule has 1 heterocycles. The zero-order chi connectivity index (χ0) is 24.1. The van der Waals surface area contributed by atoms with Crippen LogP contribution in [-0.4, -0.2) is 22.1 Å². The first-order valence-corrected chi connectivity index (χ1v) is 12.0. The minimum Gasteiger partial charge on any atom is -0.494 e. The Bertz CT molecular complexity index is 1300. The van der Waals surface area contributed by atoms with E-state index in [4.69, 9.17) is 21.3 Å². The molecule has 176 valence electrons. The molecule has 0 fully saturated rings. The summed E-state index contributed by atoms with van der Waals surface area (Å²) in [6, 6.07) is 21.5. The van der Waals surface area contributed by atoms with Gasteiger partial charge in [0.2, 0.25) is 5.91 Å². The van der Waals surface area contributed by atoms with Crippen LogP contribution in [-0.2, 0) is 17.8 Å². The molecular weight excluding hydrogens is 446 g/mol. The number of benzene rings is 3. The number of hydrogen-bond donors (Lipinski definition) is 1. The second kappa shape index (κ2) is 10.7. The van der Waals surface area contributed by atoms with Crippen molar-refractivity contribution in [3.8, 4) is 5.75 Å². The van der Waals surface area contributed by atoms with Crippen molar-refractivity contribution in [1.29, 1.82) is 0 Å². The number of aryl methyl sites for hydroxylation is 3. The van der Waals surface area contributed by atoms with E-state index in [0.717, 1.165) is 57.3 Å². The number of rotatable bonds is 9. The Balaban J connectivity index is 1.44. The first-order chi connectivity index (χ1) is 16.4. The number of imidazole rings is 1. The first-order valence-electron chi connectivity index (χ1n) is 11.6. The minimum atomic E-state index is -0.219. The van der Waals surface area contributed by atoms with E-state index in [1.807, 2.05) is 81.4 Å². The molecule has 34 heavy (non-hydrogen) atoms. The Labute approximate surface area is 205 Å². The van der Waals surface area contributed by atoms with Gasteiger partial charge in [-0.25, -0.2) is 4.98 Å². The lowest BCUT2D eigenvalue weighted by molar-refractivity contribution is -0.121. The molecule has 3 aromatic carbocycles. The van der Waals surface area contributed by atoms with Gasteiger partial charge in [-0.3, -0.25) is 4.79 Å². The van der Waals surface area contributed by atoms with E-state index in [9.17, 15) is 4.79 Å². The molecule has 4 rings (SSSR count). The maximum absolute atomic E-state index is 12.8. The maximum Gasteiger partial charge on any atom is 0.225 e. The van der Waals surface area contributed by atoms with Crippen molar-refractivity contribution in [2.75, 3.05) is 6.61 Å². The Kier molecular flexibility index (Phi) is 7.53. The van der Waals surface area contributed by atoms with Gasteiger partial charge in [0, 0.05) is 11.6 Å². The average molecular weight is 476 g/mol. The molecule has 0 aliphatic heterocycles. The molecule has 1 atom stereocenters. The summed E-state index contributed by atoms with van der Waals surface area (Å²) in [7, 11) is 0. The predicted octanol–water partition coefficient (Wildman–Crippen LogP) is 6.20. The quantitative estimate of drug-likeness (QED) is 0.293. The van der Waals surface area contributed by atoms with Gasteiger partial charge in [0.15, 0.2) is 0 Å². The van der Waals surface area contributed by atoms with Crippen LogP contribution in [0.15, 0.2) is 66.7 Å². The third-order valence-electron chi connectivity index (χ3n) is 5.99. The summed E-state index contributed by atoms with van der Waals surface area (Å²) in [5.74, 6) is 1.65. The third-order valence-corrected chi connectivity index (χ3v) is 6.41. The SMILES string of the molecule is Cc1cc(OCCCn2c(C(C)NC(=O)Cc3ccccc3C)nc3ccccc32)ccc1Cl. The molecule has 0 radical (unpaired) electrons. The van der Waals surface area contributed by atoms with Crippen LogP contribution in [0.5, 0.6) is 5.75 Å². The van der Waals surface area contributed by atoms with Crippen molar-refractivity contribution in [3.63, 3.8) is 0 Å². The first kappa shape index (κ1) is 23.8. The number of nitrogens with zero attached hydrogens (tertiary/aromatic N) is 2. The zero-order valence-electron chi connectivity index (χ0n) is 19.8. The van der Waals surface area contributed by atoms with E-state index in [2.05, 4.69) is 16.0 Å². The highest BCUT2D eigenvalue weighted by Gasteiger charge is 2.18. The summed E-state index contributed by atoms with van der Waals surface area (Å²) in [5.41, 5.74) is 5.13. The van der Waals surface area contributed by atoms with Crippen LogP contribution in [0.1, 0.15) is 41.9 Å². The molecule has 0 saturated carbocycles. The summed E-state index contributed by atoms with van der Waals surface area (Å²) in [6.45, 7) is 7.29. The fourth-order valence-electron chi connectivity index (χ4n) is 4.12. The van der Waals surface area contributed by atoms with Gasteiger partial charge in [0.1, 0.15) is 11.6 Å². The summed E-state index contributed by atoms with van der Waals surface area (Å²) < 4.78 is 8.12. The smallest absolute Gasteiger partial charge is 0.225 e. The molecule has 1 amide bonds. The highest BCUT2D eigenvalue weighted by molar-refractivity contribution is 6.31. The Hall–Kier alpha value is -3.31. The molecule has 0 spiro atoms. The molecular formula is C28H30ClN3O2. The number of aromatic nitrogens is 2. The van der Waals surface area contributed by atoms with Crippen LogP contribution >= 0.6 is 11.6 Å². The average Bonchev–Trinajstić information content (AvgIpc) is 3.19. The Morgan fingerprint density at radius 3 is 2.62 bits per heavy atom. The van der Waals surface area contributed by atoms with E-state index in [0.29, 0.717) is 13.0 Å². The molecule has 1 aromatic heterocycles. The predicted molar refractivity (Wildman–Crippen MR) is 137 cm³/mol. The fourth-order valence-corrected chi connectivity index (χ4v) is 4.24. The number of carbonyl (C=O) groups excluding carboxylic acids is 1. The molecule has 0 saturated heterocycles. The largest absolute Gasteiger partial charge is 0.494 e. The second-order valence-electron chi connectivity index (χ2n) is 8.62. The van der Waals surface area contributed by atoms with Crippen LogP contribution in [0.3, 0.4) is 0 Å². The van der Waals surface area contributed by atoms with E-state index in [1.54, 1.807) is 0 Å². The number of carbonyl (C=O) groups is 1. The molecule has 5 nitrogen and oxygen atoms in total. The van der Waals surface area contributed by atoms with Gasteiger partial charge in [-0.05, 0) is 74.2 Å². The number of nitrogens with one attached hydrogen (secondary N) is 1. The molecule has 0 aliphatic rings. The number of para-hydroxylation sites is 2. The van der Waals surface area contributed by atoms with Gasteiger partial charge >= 0.3 is 0 Å². The normalized spacial score (nSPS) is 12.0. The Morgan fingerprint density at radius 2 is 1.82 bits per heavy atom. The lowest BCUT2D eigenvalue weighted by Gasteiger charge is -2.17. The number of halogens is 1. The maximum atomic E-state index is 12.8. The van der Waals surface area contributed by atoms with Crippen molar-refractivity contribution in [3.05, 3.63) is 94.3 Å². The van der Waals surface area contributed by atoms with Crippen molar-refractivity contribution in [2.45, 2.75) is 46.2 Å². The van der Waals surface area contributed by atoms with E-state index >= 15 is 0 Å². The van der Waals surface area contributed by atoms with E-state index < -0.39 is 0 Å². The van der Waals surface area contributed by atoms with Crippen LogP contribution in [0, 0.1) is 13.8 Å². The van der Waals surface area contributed by atoms with Gasteiger partial charge < -0.3 is 14.6 Å². The van der Waals surface area contributed by atoms with Gasteiger partial charge in [0.25, 0.3) is 0 Å². The van der Waals surface area contributed by atoms with Gasteiger partial charge in [-0.15, -0.1) is 0 Å². The van der Waals surface area contributed by atoms with Crippen LogP contribution in [0.4, 0.5) is 0 Å². The van der Waals surface area contributed by atoms with Gasteiger partial charge in [-0.2, -0.15) is 0 Å². The Morgan fingerprint density at radius 1 is 1.06 bits per heavy atom. The fraction of sp³-hybridized carbons (Fsp3) is 0.286. The third kappa shape index (κ3) is 5.60. The number of amides is 1. The topological polar surface area (TPSA) is 56.1 Å².